The summed E-state index contributed by atoms with van der Waals surface area (Å²) >= 11 is 0. The molecule has 0 atom stereocenters. The maximum absolute atomic E-state index is 13.7. The fourth-order valence-electron chi connectivity index (χ4n) is 1.65. The van der Waals surface area contributed by atoms with Gasteiger partial charge in [0.2, 0.25) is 0 Å². The number of aromatic hydroxyl groups is 1. The number of phenols is 1. The summed E-state index contributed by atoms with van der Waals surface area (Å²) in [4.78, 5) is 0. The van der Waals surface area contributed by atoms with E-state index < -0.39 is 0 Å². The lowest BCUT2D eigenvalue weighted by Crippen LogP contribution is -1.92. The Morgan fingerprint density at radius 3 is 2.29 bits per heavy atom. The molecule has 0 amide bonds. The van der Waals surface area contributed by atoms with Crippen LogP contribution in [0.1, 0.15) is 5.56 Å². The molecule has 0 aromatic heterocycles. The molecule has 0 radical (unpaired) electrons. The Morgan fingerprint density at radius 2 is 1.71 bits per heavy atom. The maximum atomic E-state index is 13.7. The molecule has 0 aliphatic rings. The Labute approximate surface area is 99.3 Å². The van der Waals surface area contributed by atoms with Crippen molar-refractivity contribution in [1.29, 1.82) is 0 Å². The van der Waals surface area contributed by atoms with Gasteiger partial charge in [0.15, 0.2) is 0 Å². The van der Waals surface area contributed by atoms with E-state index in [1.807, 2.05) is 6.07 Å². The predicted molar refractivity (Wildman–Crippen MR) is 64.2 cm³/mol. The first-order valence-corrected chi connectivity index (χ1v) is 5.27. The summed E-state index contributed by atoms with van der Waals surface area (Å²) in [6.07, 6.45) is 0. The zero-order chi connectivity index (χ0) is 12.3. The summed E-state index contributed by atoms with van der Waals surface area (Å²) in [7, 11) is 1.54. The van der Waals surface area contributed by atoms with Crippen molar-refractivity contribution in [3.8, 4) is 16.9 Å². The van der Waals surface area contributed by atoms with Crippen LogP contribution in [0, 0.1) is 5.82 Å². The van der Waals surface area contributed by atoms with Gasteiger partial charge in [-0.15, -0.1) is 0 Å². The first-order chi connectivity index (χ1) is 8.20. The van der Waals surface area contributed by atoms with E-state index in [1.54, 1.807) is 30.3 Å². The van der Waals surface area contributed by atoms with Gasteiger partial charge in [0.1, 0.15) is 11.6 Å². The number of hydrogen-bond donors (Lipinski definition) is 1. The number of halogens is 1. The van der Waals surface area contributed by atoms with E-state index in [1.165, 1.54) is 13.2 Å². The molecule has 2 aromatic carbocycles. The van der Waals surface area contributed by atoms with E-state index >= 15 is 0 Å². The molecule has 0 fully saturated rings. The van der Waals surface area contributed by atoms with Crippen molar-refractivity contribution in [3.63, 3.8) is 0 Å². The van der Waals surface area contributed by atoms with Crippen molar-refractivity contribution in [1.82, 2.24) is 0 Å². The zero-order valence-electron chi connectivity index (χ0n) is 9.48. The first kappa shape index (κ1) is 11.6. The lowest BCUT2D eigenvalue weighted by molar-refractivity contribution is 0.181. The van der Waals surface area contributed by atoms with E-state index in [0.29, 0.717) is 5.56 Å². The van der Waals surface area contributed by atoms with Gasteiger partial charge in [-0.1, -0.05) is 24.3 Å². The molecule has 0 aliphatic carbocycles. The highest BCUT2D eigenvalue weighted by molar-refractivity contribution is 5.64. The minimum Gasteiger partial charge on any atom is -0.508 e. The lowest BCUT2D eigenvalue weighted by atomic mass is 10.0. The first-order valence-electron chi connectivity index (χ1n) is 5.27. The molecule has 2 aromatic rings. The molecular weight excluding hydrogens is 219 g/mol. The average Bonchev–Trinajstić information content (AvgIpc) is 2.33. The van der Waals surface area contributed by atoms with Gasteiger partial charge < -0.3 is 9.84 Å². The van der Waals surface area contributed by atoms with Gasteiger partial charge in [-0.25, -0.2) is 4.39 Å². The van der Waals surface area contributed by atoms with Gasteiger partial charge in [0, 0.05) is 12.7 Å². The number of methoxy groups -OCH3 is 1. The normalized spacial score (nSPS) is 10.5. The highest BCUT2D eigenvalue weighted by Gasteiger charge is 2.04. The van der Waals surface area contributed by atoms with Crippen LogP contribution in [-0.4, -0.2) is 12.2 Å². The summed E-state index contributed by atoms with van der Waals surface area (Å²) in [5, 5.41) is 9.18. The standard InChI is InChI=1S/C14H13FO2/c1-17-9-12-3-2-11(8-14(12)15)10-4-6-13(16)7-5-10/h2-8,16H,9H2,1H3. The van der Waals surface area contributed by atoms with Crippen molar-refractivity contribution in [2.75, 3.05) is 7.11 Å². The Hall–Kier alpha value is -1.87. The largest absolute Gasteiger partial charge is 0.508 e. The lowest BCUT2D eigenvalue weighted by Gasteiger charge is -2.06. The summed E-state index contributed by atoms with van der Waals surface area (Å²) in [6, 6.07) is 11.7. The molecular formula is C14H13FO2. The fourth-order valence-corrected chi connectivity index (χ4v) is 1.65. The van der Waals surface area contributed by atoms with Crippen molar-refractivity contribution < 1.29 is 14.2 Å². The number of phenolic OH excluding ortho intramolecular Hbond substituents is 1. The number of rotatable bonds is 3. The quantitative estimate of drug-likeness (QED) is 0.879. The third kappa shape index (κ3) is 2.63. The summed E-state index contributed by atoms with van der Waals surface area (Å²) in [5.74, 6) is -0.0809. The molecule has 1 N–H and O–H groups in total. The second-order valence-corrected chi connectivity index (χ2v) is 3.79. The summed E-state index contributed by atoms with van der Waals surface area (Å²) < 4.78 is 18.6. The van der Waals surface area contributed by atoms with Gasteiger partial charge in [0.25, 0.3) is 0 Å². The minimum absolute atomic E-state index is 0.199. The van der Waals surface area contributed by atoms with Crippen molar-refractivity contribution in [2.45, 2.75) is 6.61 Å². The van der Waals surface area contributed by atoms with Crippen LogP contribution >= 0.6 is 0 Å². The molecule has 2 nitrogen and oxygen atoms in total. The van der Waals surface area contributed by atoms with Gasteiger partial charge in [-0.2, -0.15) is 0 Å². The van der Waals surface area contributed by atoms with Crippen molar-refractivity contribution in [3.05, 3.63) is 53.8 Å². The van der Waals surface area contributed by atoms with Crippen LogP contribution < -0.4 is 0 Å². The SMILES string of the molecule is COCc1ccc(-c2ccc(O)cc2)cc1F. The average molecular weight is 232 g/mol. The molecule has 3 heteroatoms. The predicted octanol–water partition coefficient (Wildman–Crippen LogP) is 3.34. The monoisotopic (exact) mass is 232 g/mol. The van der Waals surface area contributed by atoms with Crippen LogP contribution in [0.3, 0.4) is 0 Å². The minimum atomic E-state index is -0.280. The fraction of sp³-hybridized carbons (Fsp3) is 0.143. The third-order valence-corrected chi connectivity index (χ3v) is 2.55. The molecule has 0 unspecified atom stereocenters. The Morgan fingerprint density at radius 1 is 1.06 bits per heavy atom. The molecule has 0 saturated heterocycles. The van der Waals surface area contributed by atoms with E-state index in [2.05, 4.69) is 0 Å². The van der Waals surface area contributed by atoms with E-state index in [0.717, 1.165) is 11.1 Å². The van der Waals surface area contributed by atoms with Crippen LogP contribution in [0.15, 0.2) is 42.5 Å². The Bertz CT molecular complexity index is 506. The van der Waals surface area contributed by atoms with Gasteiger partial charge in [-0.3, -0.25) is 0 Å². The molecule has 0 saturated carbocycles. The van der Waals surface area contributed by atoms with Crippen LogP contribution in [0.25, 0.3) is 11.1 Å². The summed E-state index contributed by atoms with van der Waals surface area (Å²) in [5.41, 5.74) is 2.18. The molecule has 17 heavy (non-hydrogen) atoms. The molecule has 2 rings (SSSR count). The van der Waals surface area contributed by atoms with E-state index in [9.17, 15) is 9.50 Å². The van der Waals surface area contributed by atoms with Crippen LogP contribution in [0.4, 0.5) is 4.39 Å². The van der Waals surface area contributed by atoms with Crippen LogP contribution in [0.2, 0.25) is 0 Å². The number of benzene rings is 2. The highest BCUT2D eigenvalue weighted by atomic mass is 19.1. The van der Waals surface area contributed by atoms with Crippen molar-refractivity contribution in [2.24, 2.45) is 0 Å². The number of ether oxygens (including phenoxy) is 1. The Kier molecular flexibility index (Phi) is 3.40. The molecule has 88 valence electrons. The molecule has 0 heterocycles. The summed E-state index contributed by atoms with van der Waals surface area (Å²) in [6.45, 7) is 0.266. The van der Waals surface area contributed by atoms with Gasteiger partial charge in [-0.05, 0) is 29.3 Å². The molecule has 0 spiro atoms. The topological polar surface area (TPSA) is 29.5 Å². The second-order valence-electron chi connectivity index (χ2n) is 3.79. The van der Waals surface area contributed by atoms with E-state index in [4.69, 9.17) is 4.74 Å². The Balaban J connectivity index is 2.34. The third-order valence-electron chi connectivity index (χ3n) is 2.55. The smallest absolute Gasteiger partial charge is 0.129 e. The van der Waals surface area contributed by atoms with Crippen LogP contribution in [-0.2, 0) is 11.3 Å². The maximum Gasteiger partial charge on any atom is 0.129 e. The molecule has 0 aliphatic heterocycles. The van der Waals surface area contributed by atoms with Crippen LogP contribution in [0.5, 0.6) is 5.75 Å². The zero-order valence-corrected chi connectivity index (χ0v) is 9.48. The molecule has 0 bridgehead atoms. The van der Waals surface area contributed by atoms with Crippen molar-refractivity contribution >= 4 is 0 Å². The highest BCUT2D eigenvalue weighted by Crippen LogP contribution is 2.24. The second kappa shape index (κ2) is 4.97. The van der Waals surface area contributed by atoms with E-state index in [-0.39, 0.29) is 18.2 Å². The van der Waals surface area contributed by atoms with Gasteiger partial charge >= 0.3 is 0 Å². The number of hydrogen-bond acceptors (Lipinski definition) is 2. The van der Waals surface area contributed by atoms with Gasteiger partial charge in [0.05, 0.1) is 6.61 Å².